The molecule has 0 saturated heterocycles. The van der Waals surface area contributed by atoms with Crippen molar-refractivity contribution in [2.24, 2.45) is 0 Å². The summed E-state index contributed by atoms with van der Waals surface area (Å²) in [5.41, 5.74) is 1.46. The van der Waals surface area contributed by atoms with Crippen molar-refractivity contribution in [3.8, 4) is 0 Å². The number of rotatable bonds is 4. The molecule has 21 heavy (non-hydrogen) atoms. The zero-order chi connectivity index (χ0) is 15.2. The van der Waals surface area contributed by atoms with Gasteiger partial charge in [0.2, 0.25) is 0 Å². The second-order valence-corrected chi connectivity index (χ2v) is 5.67. The van der Waals surface area contributed by atoms with E-state index < -0.39 is 12.1 Å². The SMILES string of the molecule is CC(NC(=O)Nc1ccccc1)C(O)c1ccc(Br)cc1. The Bertz CT molecular complexity index is 587. The molecule has 0 bridgehead atoms. The molecule has 4 nitrogen and oxygen atoms in total. The van der Waals surface area contributed by atoms with Gasteiger partial charge in [-0.2, -0.15) is 0 Å². The van der Waals surface area contributed by atoms with E-state index in [2.05, 4.69) is 26.6 Å². The van der Waals surface area contributed by atoms with Gasteiger partial charge in [-0.25, -0.2) is 4.79 Å². The van der Waals surface area contributed by atoms with E-state index in [0.717, 1.165) is 10.0 Å². The van der Waals surface area contributed by atoms with Crippen LogP contribution in [0.15, 0.2) is 59.1 Å². The molecule has 2 amide bonds. The van der Waals surface area contributed by atoms with Gasteiger partial charge in [-0.15, -0.1) is 0 Å². The van der Waals surface area contributed by atoms with Crippen LogP contribution in [0.3, 0.4) is 0 Å². The normalized spacial score (nSPS) is 13.3. The molecule has 5 heteroatoms. The lowest BCUT2D eigenvalue weighted by atomic mass is 10.0. The number of urea groups is 1. The lowest BCUT2D eigenvalue weighted by Gasteiger charge is -2.21. The number of amides is 2. The smallest absolute Gasteiger partial charge is 0.319 e. The zero-order valence-electron chi connectivity index (χ0n) is 11.6. The van der Waals surface area contributed by atoms with Crippen molar-refractivity contribution in [2.75, 3.05) is 5.32 Å². The van der Waals surface area contributed by atoms with Crippen LogP contribution >= 0.6 is 15.9 Å². The first-order valence-electron chi connectivity index (χ1n) is 6.62. The summed E-state index contributed by atoms with van der Waals surface area (Å²) in [7, 11) is 0. The van der Waals surface area contributed by atoms with Crippen LogP contribution in [-0.4, -0.2) is 17.2 Å². The highest BCUT2D eigenvalue weighted by Crippen LogP contribution is 2.19. The number of anilines is 1. The molecule has 0 radical (unpaired) electrons. The number of carbonyl (C=O) groups excluding carboxylic acids is 1. The van der Waals surface area contributed by atoms with Gasteiger partial charge in [0.15, 0.2) is 0 Å². The lowest BCUT2D eigenvalue weighted by Crippen LogP contribution is -2.39. The third-order valence-electron chi connectivity index (χ3n) is 3.08. The molecule has 2 rings (SSSR count). The first-order chi connectivity index (χ1) is 10.1. The number of halogens is 1. The van der Waals surface area contributed by atoms with E-state index in [-0.39, 0.29) is 6.03 Å². The first-order valence-corrected chi connectivity index (χ1v) is 7.41. The molecular weight excluding hydrogens is 332 g/mol. The fourth-order valence-electron chi connectivity index (χ4n) is 1.92. The number of aliphatic hydroxyl groups is 1. The van der Waals surface area contributed by atoms with Gasteiger partial charge in [0.05, 0.1) is 12.1 Å². The van der Waals surface area contributed by atoms with Crippen LogP contribution in [0.2, 0.25) is 0 Å². The Morgan fingerprint density at radius 1 is 1.10 bits per heavy atom. The topological polar surface area (TPSA) is 61.4 Å². The van der Waals surface area contributed by atoms with Crippen LogP contribution in [0.5, 0.6) is 0 Å². The van der Waals surface area contributed by atoms with Crippen molar-refractivity contribution < 1.29 is 9.90 Å². The molecule has 0 aromatic heterocycles. The minimum Gasteiger partial charge on any atom is -0.386 e. The Labute approximate surface area is 132 Å². The lowest BCUT2D eigenvalue weighted by molar-refractivity contribution is 0.139. The van der Waals surface area contributed by atoms with Crippen molar-refractivity contribution >= 4 is 27.6 Å². The largest absolute Gasteiger partial charge is 0.386 e. The molecular formula is C16H17BrN2O2. The summed E-state index contributed by atoms with van der Waals surface area (Å²) in [6.07, 6.45) is -0.764. The molecule has 2 aromatic carbocycles. The summed E-state index contributed by atoms with van der Waals surface area (Å²) in [6.45, 7) is 1.76. The third kappa shape index (κ3) is 4.58. The van der Waals surface area contributed by atoms with Gasteiger partial charge in [0, 0.05) is 10.2 Å². The molecule has 2 aromatic rings. The van der Waals surface area contributed by atoms with Gasteiger partial charge in [0.25, 0.3) is 0 Å². The second kappa shape index (κ2) is 7.24. The van der Waals surface area contributed by atoms with Gasteiger partial charge in [-0.05, 0) is 36.8 Å². The monoisotopic (exact) mass is 348 g/mol. The summed E-state index contributed by atoms with van der Waals surface area (Å²) in [6, 6.07) is 15.8. The standard InChI is InChI=1S/C16H17BrN2O2/c1-11(15(20)12-7-9-13(17)10-8-12)18-16(21)19-14-5-3-2-4-6-14/h2-11,15,20H,1H3,(H2,18,19,21). The molecule has 0 aliphatic heterocycles. The summed E-state index contributed by atoms with van der Waals surface area (Å²) < 4.78 is 0.945. The molecule has 0 heterocycles. The summed E-state index contributed by atoms with van der Waals surface area (Å²) in [5.74, 6) is 0. The Kier molecular flexibility index (Phi) is 5.36. The Morgan fingerprint density at radius 3 is 2.33 bits per heavy atom. The summed E-state index contributed by atoms with van der Waals surface area (Å²) >= 11 is 3.35. The zero-order valence-corrected chi connectivity index (χ0v) is 13.2. The van der Waals surface area contributed by atoms with Crippen LogP contribution in [0, 0.1) is 0 Å². The van der Waals surface area contributed by atoms with E-state index >= 15 is 0 Å². The third-order valence-corrected chi connectivity index (χ3v) is 3.60. The average molecular weight is 349 g/mol. The average Bonchev–Trinajstić information content (AvgIpc) is 2.48. The second-order valence-electron chi connectivity index (χ2n) is 4.75. The highest BCUT2D eigenvalue weighted by atomic mass is 79.9. The number of para-hydroxylation sites is 1. The maximum Gasteiger partial charge on any atom is 0.319 e. The maximum absolute atomic E-state index is 11.9. The number of hydrogen-bond acceptors (Lipinski definition) is 2. The van der Waals surface area contributed by atoms with Gasteiger partial charge in [0.1, 0.15) is 0 Å². The Morgan fingerprint density at radius 2 is 1.71 bits per heavy atom. The van der Waals surface area contributed by atoms with E-state index in [1.807, 2.05) is 42.5 Å². The highest BCUT2D eigenvalue weighted by Gasteiger charge is 2.18. The van der Waals surface area contributed by atoms with Gasteiger partial charge in [-0.1, -0.05) is 46.3 Å². The summed E-state index contributed by atoms with van der Waals surface area (Å²) in [5, 5.41) is 15.7. The molecule has 110 valence electrons. The van der Waals surface area contributed by atoms with Crippen LogP contribution in [0.1, 0.15) is 18.6 Å². The van der Waals surface area contributed by atoms with E-state index in [9.17, 15) is 9.90 Å². The Balaban J connectivity index is 1.92. The Hall–Kier alpha value is -1.85. The van der Waals surface area contributed by atoms with E-state index in [0.29, 0.717) is 5.69 Å². The van der Waals surface area contributed by atoms with Crippen molar-refractivity contribution in [2.45, 2.75) is 19.1 Å². The maximum atomic E-state index is 11.9. The first kappa shape index (κ1) is 15.5. The number of aliphatic hydroxyl groups excluding tert-OH is 1. The van der Waals surface area contributed by atoms with Crippen molar-refractivity contribution in [1.82, 2.24) is 5.32 Å². The molecule has 0 spiro atoms. The van der Waals surface area contributed by atoms with Crippen LogP contribution < -0.4 is 10.6 Å². The quantitative estimate of drug-likeness (QED) is 0.788. The van der Waals surface area contributed by atoms with Crippen LogP contribution in [0.25, 0.3) is 0 Å². The van der Waals surface area contributed by atoms with E-state index in [1.165, 1.54) is 0 Å². The molecule has 0 aliphatic rings. The molecule has 0 aliphatic carbocycles. The fourth-order valence-corrected chi connectivity index (χ4v) is 2.19. The molecule has 2 unspecified atom stereocenters. The predicted octanol–water partition coefficient (Wildman–Crippen LogP) is 3.69. The number of hydrogen-bond donors (Lipinski definition) is 3. The van der Waals surface area contributed by atoms with E-state index in [4.69, 9.17) is 0 Å². The van der Waals surface area contributed by atoms with Gasteiger partial charge < -0.3 is 15.7 Å². The van der Waals surface area contributed by atoms with Crippen molar-refractivity contribution in [3.05, 3.63) is 64.6 Å². The van der Waals surface area contributed by atoms with Crippen LogP contribution in [0.4, 0.5) is 10.5 Å². The van der Waals surface area contributed by atoms with Gasteiger partial charge in [-0.3, -0.25) is 0 Å². The van der Waals surface area contributed by atoms with Gasteiger partial charge >= 0.3 is 6.03 Å². The molecule has 3 N–H and O–H groups in total. The molecule has 2 atom stereocenters. The van der Waals surface area contributed by atoms with Crippen LogP contribution in [-0.2, 0) is 0 Å². The minimum absolute atomic E-state index is 0.343. The predicted molar refractivity (Wildman–Crippen MR) is 87.2 cm³/mol. The number of benzene rings is 2. The minimum atomic E-state index is -0.764. The molecule has 0 fully saturated rings. The van der Waals surface area contributed by atoms with E-state index in [1.54, 1.807) is 19.1 Å². The number of carbonyl (C=O) groups is 1. The number of nitrogens with one attached hydrogen (secondary N) is 2. The highest BCUT2D eigenvalue weighted by molar-refractivity contribution is 9.10. The fraction of sp³-hybridized carbons (Fsp3) is 0.188. The van der Waals surface area contributed by atoms with Crippen molar-refractivity contribution in [3.63, 3.8) is 0 Å². The summed E-state index contributed by atoms with van der Waals surface area (Å²) in [4.78, 5) is 11.9. The van der Waals surface area contributed by atoms with Crippen molar-refractivity contribution in [1.29, 1.82) is 0 Å². The molecule has 0 saturated carbocycles.